The molecular formula is C12H13NO5. The molecule has 0 N–H and O–H groups in total. The molecule has 0 unspecified atom stereocenters. The number of esters is 1. The molecule has 0 aliphatic rings. The minimum Gasteiger partial charge on any atom is -0.482 e. The van der Waals surface area contributed by atoms with E-state index in [9.17, 15) is 14.9 Å². The average Bonchev–Trinajstić information content (AvgIpc) is 2.37. The summed E-state index contributed by atoms with van der Waals surface area (Å²) in [6.07, 6.45) is 1.45. The van der Waals surface area contributed by atoms with Gasteiger partial charge in [0.25, 0.3) is 0 Å². The van der Waals surface area contributed by atoms with Crippen LogP contribution >= 0.6 is 0 Å². The van der Waals surface area contributed by atoms with Gasteiger partial charge in [-0.1, -0.05) is 12.1 Å². The molecule has 0 atom stereocenters. The van der Waals surface area contributed by atoms with Gasteiger partial charge in [-0.25, -0.2) is 4.79 Å². The SMILES string of the molecule is COC(=O)COc1ccc(/C=C(\C)[N+](=O)[O-])cc1. The molecule has 0 amide bonds. The number of methoxy groups -OCH3 is 1. The molecule has 0 saturated heterocycles. The van der Waals surface area contributed by atoms with E-state index < -0.39 is 10.9 Å². The molecule has 6 nitrogen and oxygen atoms in total. The van der Waals surface area contributed by atoms with E-state index in [-0.39, 0.29) is 12.3 Å². The van der Waals surface area contributed by atoms with Crippen LogP contribution in [0.1, 0.15) is 12.5 Å². The van der Waals surface area contributed by atoms with Crippen LogP contribution < -0.4 is 4.74 Å². The Kier molecular flexibility index (Phi) is 4.86. The molecule has 0 aliphatic carbocycles. The van der Waals surface area contributed by atoms with Crippen LogP contribution in [0.4, 0.5) is 0 Å². The van der Waals surface area contributed by atoms with Gasteiger partial charge in [0.05, 0.1) is 12.0 Å². The highest BCUT2D eigenvalue weighted by Crippen LogP contribution is 2.14. The lowest BCUT2D eigenvalue weighted by Crippen LogP contribution is -2.12. The Morgan fingerprint density at radius 2 is 2.00 bits per heavy atom. The normalized spacial score (nSPS) is 10.9. The van der Waals surface area contributed by atoms with Gasteiger partial charge in [0.15, 0.2) is 6.61 Å². The molecule has 0 aliphatic heterocycles. The van der Waals surface area contributed by atoms with Gasteiger partial charge in [-0.3, -0.25) is 10.1 Å². The number of rotatable bonds is 5. The van der Waals surface area contributed by atoms with Crippen molar-refractivity contribution in [2.24, 2.45) is 0 Å². The fraction of sp³-hybridized carbons (Fsp3) is 0.250. The molecule has 96 valence electrons. The summed E-state index contributed by atoms with van der Waals surface area (Å²) in [5.41, 5.74) is 0.743. The fourth-order valence-electron chi connectivity index (χ4n) is 1.16. The molecule has 6 heteroatoms. The van der Waals surface area contributed by atoms with E-state index in [1.165, 1.54) is 20.1 Å². The van der Waals surface area contributed by atoms with Gasteiger partial charge in [0, 0.05) is 13.0 Å². The molecule has 1 aromatic carbocycles. The average molecular weight is 251 g/mol. The Hall–Kier alpha value is -2.37. The number of hydrogen-bond acceptors (Lipinski definition) is 5. The second-order valence-electron chi connectivity index (χ2n) is 3.48. The number of benzene rings is 1. The number of hydrogen-bond donors (Lipinski definition) is 0. The van der Waals surface area contributed by atoms with Crippen LogP contribution in [-0.2, 0) is 9.53 Å². The van der Waals surface area contributed by atoms with Crippen molar-refractivity contribution in [3.05, 3.63) is 45.6 Å². The van der Waals surface area contributed by atoms with Crippen molar-refractivity contribution in [1.82, 2.24) is 0 Å². The predicted octanol–water partition coefficient (Wildman–Crippen LogP) is 1.88. The van der Waals surface area contributed by atoms with Crippen LogP contribution in [0.25, 0.3) is 6.08 Å². The van der Waals surface area contributed by atoms with Gasteiger partial charge in [-0.05, 0) is 17.7 Å². The second-order valence-corrected chi connectivity index (χ2v) is 3.48. The topological polar surface area (TPSA) is 78.7 Å². The summed E-state index contributed by atoms with van der Waals surface area (Å²) in [6.45, 7) is 1.25. The molecule has 1 rings (SSSR count). The lowest BCUT2D eigenvalue weighted by molar-refractivity contribution is -0.422. The Balaban J connectivity index is 2.66. The number of nitro groups is 1. The van der Waals surface area contributed by atoms with Crippen molar-refractivity contribution >= 4 is 12.0 Å². The second kappa shape index (κ2) is 6.39. The molecule has 0 heterocycles. The lowest BCUT2D eigenvalue weighted by atomic mass is 10.2. The lowest BCUT2D eigenvalue weighted by Gasteiger charge is -2.04. The highest BCUT2D eigenvalue weighted by molar-refractivity contribution is 5.70. The van der Waals surface area contributed by atoms with E-state index in [1.54, 1.807) is 24.3 Å². The number of nitrogens with zero attached hydrogens (tertiary/aromatic N) is 1. The minimum absolute atomic E-state index is 0.0539. The molecule has 0 aromatic heterocycles. The van der Waals surface area contributed by atoms with Crippen LogP contribution in [0.5, 0.6) is 5.75 Å². The van der Waals surface area contributed by atoms with E-state index in [0.717, 1.165) is 0 Å². The monoisotopic (exact) mass is 251 g/mol. The maximum Gasteiger partial charge on any atom is 0.343 e. The molecule has 0 fully saturated rings. The maximum absolute atomic E-state index is 10.8. The zero-order chi connectivity index (χ0) is 13.5. The Bertz CT molecular complexity index is 464. The number of allylic oxidation sites excluding steroid dienone is 1. The molecule has 1 aromatic rings. The summed E-state index contributed by atoms with van der Waals surface area (Å²) in [5.74, 6) is 0.0273. The van der Waals surface area contributed by atoms with E-state index in [4.69, 9.17) is 4.74 Å². The third kappa shape index (κ3) is 4.25. The van der Waals surface area contributed by atoms with E-state index >= 15 is 0 Å². The van der Waals surface area contributed by atoms with E-state index in [0.29, 0.717) is 11.3 Å². The van der Waals surface area contributed by atoms with Crippen molar-refractivity contribution in [3.8, 4) is 5.75 Å². The van der Waals surface area contributed by atoms with Crippen molar-refractivity contribution in [2.45, 2.75) is 6.92 Å². The van der Waals surface area contributed by atoms with Crippen LogP contribution in [0.2, 0.25) is 0 Å². The van der Waals surface area contributed by atoms with Crippen LogP contribution in [0, 0.1) is 10.1 Å². The van der Waals surface area contributed by atoms with Crippen molar-refractivity contribution in [2.75, 3.05) is 13.7 Å². The highest BCUT2D eigenvalue weighted by atomic mass is 16.6. The summed E-state index contributed by atoms with van der Waals surface area (Å²) in [4.78, 5) is 20.8. The van der Waals surface area contributed by atoms with Gasteiger partial charge in [-0.2, -0.15) is 0 Å². The number of ether oxygens (including phenoxy) is 2. The van der Waals surface area contributed by atoms with E-state index in [2.05, 4.69) is 4.74 Å². The predicted molar refractivity (Wildman–Crippen MR) is 64.6 cm³/mol. The summed E-state index contributed by atoms with van der Waals surface area (Å²) in [5, 5.41) is 10.4. The minimum atomic E-state index is -0.469. The zero-order valence-corrected chi connectivity index (χ0v) is 10.1. The molecular weight excluding hydrogens is 238 g/mol. The number of carbonyl (C=O) groups excluding carboxylic acids is 1. The summed E-state index contributed by atoms with van der Waals surface area (Å²) in [7, 11) is 1.28. The highest BCUT2D eigenvalue weighted by Gasteiger charge is 2.03. The Labute approximate surface area is 104 Å². The van der Waals surface area contributed by atoms with Crippen molar-refractivity contribution in [1.29, 1.82) is 0 Å². The van der Waals surface area contributed by atoms with Crippen LogP contribution in [-0.4, -0.2) is 24.6 Å². The molecule has 18 heavy (non-hydrogen) atoms. The van der Waals surface area contributed by atoms with Gasteiger partial charge < -0.3 is 9.47 Å². The maximum atomic E-state index is 10.8. The first kappa shape index (κ1) is 13.7. The first-order chi connectivity index (χ1) is 8.52. The fourth-order valence-corrected chi connectivity index (χ4v) is 1.16. The molecule has 0 spiro atoms. The quantitative estimate of drug-likeness (QED) is 0.453. The van der Waals surface area contributed by atoms with Crippen LogP contribution in [0.15, 0.2) is 30.0 Å². The zero-order valence-electron chi connectivity index (χ0n) is 10.1. The first-order valence-electron chi connectivity index (χ1n) is 5.15. The largest absolute Gasteiger partial charge is 0.482 e. The Morgan fingerprint density at radius 3 is 2.50 bits per heavy atom. The van der Waals surface area contributed by atoms with Crippen molar-refractivity contribution < 1.29 is 19.2 Å². The third-order valence-corrected chi connectivity index (χ3v) is 2.13. The van der Waals surface area contributed by atoms with Gasteiger partial charge in [-0.15, -0.1) is 0 Å². The smallest absolute Gasteiger partial charge is 0.343 e. The summed E-state index contributed by atoms with van der Waals surface area (Å²) >= 11 is 0. The molecule has 0 saturated carbocycles. The summed E-state index contributed by atoms with van der Waals surface area (Å²) in [6, 6.07) is 6.59. The van der Waals surface area contributed by atoms with Crippen LogP contribution in [0.3, 0.4) is 0 Å². The molecule has 0 bridgehead atoms. The first-order valence-corrected chi connectivity index (χ1v) is 5.15. The number of carbonyl (C=O) groups is 1. The van der Waals surface area contributed by atoms with E-state index in [1.807, 2.05) is 0 Å². The molecule has 0 radical (unpaired) electrons. The summed E-state index contributed by atoms with van der Waals surface area (Å²) < 4.78 is 9.56. The van der Waals surface area contributed by atoms with Crippen molar-refractivity contribution in [3.63, 3.8) is 0 Å². The van der Waals surface area contributed by atoms with Gasteiger partial charge in [0.1, 0.15) is 5.75 Å². The van der Waals surface area contributed by atoms with Gasteiger partial charge >= 0.3 is 5.97 Å². The standard InChI is InChI=1S/C12H13NO5/c1-9(13(15)16)7-10-3-5-11(6-4-10)18-8-12(14)17-2/h3-7H,8H2,1-2H3/b9-7+. The third-order valence-electron chi connectivity index (χ3n) is 2.13. The van der Waals surface area contributed by atoms with Gasteiger partial charge in [0.2, 0.25) is 5.70 Å². The Morgan fingerprint density at radius 1 is 1.39 bits per heavy atom.